The van der Waals surface area contributed by atoms with Crippen LogP contribution in [0.3, 0.4) is 0 Å². The van der Waals surface area contributed by atoms with Crippen molar-refractivity contribution in [3.05, 3.63) is 33.8 Å². The van der Waals surface area contributed by atoms with Gasteiger partial charge in [0.05, 0.1) is 0 Å². The molecule has 0 aliphatic rings. The summed E-state index contributed by atoms with van der Waals surface area (Å²) in [6, 6.07) is 3.82. The van der Waals surface area contributed by atoms with Crippen molar-refractivity contribution in [3.8, 4) is 0 Å². The number of halogens is 4. The summed E-state index contributed by atoms with van der Waals surface area (Å²) in [6.45, 7) is 0.801. The van der Waals surface area contributed by atoms with Crippen molar-refractivity contribution in [1.29, 1.82) is 0 Å². The van der Waals surface area contributed by atoms with Crippen molar-refractivity contribution in [2.24, 2.45) is 0 Å². The first-order chi connectivity index (χ1) is 5.39. The average molecular weight is 211 g/mol. The molecule has 1 aromatic carbocycles. The SMILES string of the molecule is CC(F)(F)c1cc(Cl)cc(Cl)c1. The first-order valence-corrected chi connectivity index (χ1v) is 3.99. The smallest absolute Gasteiger partial charge is 0.202 e. The summed E-state index contributed by atoms with van der Waals surface area (Å²) in [5, 5.41) is 0.443. The minimum absolute atomic E-state index is 0.167. The van der Waals surface area contributed by atoms with Crippen LogP contribution in [-0.2, 0) is 5.92 Å². The predicted molar refractivity (Wildman–Crippen MR) is 46.0 cm³/mol. The van der Waals surface area contributed by atoms with Crippen molar-refractivity contribution in [3.63, 3.8) is 0 Å². The van der Waals surface area contributed by atoms with Crippen LogP contribution in [0.25, 0.3) is 0 Å². The van der Waals surface area contributed by atoms with Crippen LogP contribution in [0.15, 0.2) is 18.2 Å². The number of hydrogen-bond donors (Lipinski definition) is 0. The second-order valence-corrected chi connectivity index (χ2v) is 3.42. The van der Waals surface area contributed by atoms with Crippen molar-refractivity contribution < 1.29 is 8.78 Å². The average Bonchev–Trinajstić information content (AvgIpc) is 1.82. The minimum atomic E-state index is -2.89. The van der Waals surface area contributed by atoms with E-state index in [1.165, 1.54) is 18.2 Å². The molecule has 0 bridgehead atoms. The van der Waals surface area contributed by atoms with Crippen molar-refractivity contribution in [2.45, 2.75) is 12.8 Å². The van der Waals surface area contributed by atoms with Crippen LogP contribution >= 0.6 is 23.2 Å². The molecule has 0 atom stereocenters. The van der Waals surface area contributed by atoms with Crippen LogP contribution in [0.4, 0.5) is 8.78 Å². The molecule has 0 aliphatic carbocycles. The Bertz CT molecular complexity index is 271. The Labute approximate surface area is 79.1 Å². The molecular formula is C8H6Cl2F2. The van der Waals surface area contributed by atoms with Gasteiger partial charge in [-0.3, -0.25) is 0 Å². The van der Waals surface area contributed by atoms with Gasteiger partial charge in [-0.25, -0.2) is 8.78 Å². The summed E-state index contributed by atoms with van der Waals surface area (Å²) in [6.07, 6.45) is 0. The number of rotatable bonds is 1. The molecule has 0 heterocycles. The molecule has 0 aliphatic heterocycles. The van der Waals surface area contributed by atoms with Gasteiger partial charge >= 0.3 is 0 Å². The Hall–Kier alpha value is -0.340. The van der Waals surface area contributed by atoms with Gasteiger partial charge in [0, 0.05) is 22.5 Å². The maximum absolute atomic E-state index is 12.7. The lowest BCUT2D eigenvalue weighted by molar-refractivity contribution is 0.0175. The highest BCUT2D eigenvalue weighted by molar-refractivity contribution is 6.34. The standard InChI is InChI=1S/C8H6Cl2F2/c1-8(11,12)5-2-6(9)4-7(10)3-5/h2-4H,1H3. The first kappa shape index (κ1) is 9.75. The summed E-state index contributed by atoms with van der Waals surface area (Å²) in [5.41, 5.74) is -0.167. The lowest BCUT2D eigenvalue weighted by atomic mass is 10.1. The van der Waals surface area contributed by atoms with E-state index in [0.29, 0.717) is 0 Å². The molecule has 12 heavy (non-hydrogen) atoms. The van der Waals surface area contributed by atoms with Gasteiger partial charge in [-0.15, -0.1) is 0 Å². The molecule has 0 fully saturated rings. The van der Waals surface area contributed by atoms with E-state index in [1.807, 2.05) is 0 Å². The zero-order valence-corrected chi connectivity index (χ0v) is 7.76. The van der Waals surface area contributed by atoms with Crippen LogP contribution in [0.2, 0.25) is 10.0 Å². The van der Waals surface area contributed by atoms with Crippen LogP contribution in [0, 0.1) is 0 Å². The molecule has 1 rings (SSSR count). The second-order valence-electron chi connectivity index (χ2n) is 2.55. The van der Waals surface area contributed by atoms with Gasteiger partial charge < -0.3 is 0 Å². The zero-order valence-electron chi connectivity index (χ0n) is 6.24. The van der Waals surface area contributed by atoms with Crippen molar-refractivity contribution >= 4 is 23.2 Å². The molecule has 0 saturated carbocycles. The fourth-order valence-corrected chi connectivity index (χ4v) is 1.33. The molecule has 0 saturated heterocycles. The summed E-state index contributed by atoms with van der Waals surface area (Å²) < 4.78 is 25.4. The number of alkyl halides is 2. The maximum Gasteiger partial charge on any atom is 0.270 e. The molecule has 0 aromatic heterocycles. The summed E-state index contributed by atoms with van der Waals surface area (Å²) >= 11 is 11.1. The summed E-state index contributed by atoms with van der Waals surface area (Å²) in [4.78, 5) is 0. The van der Waals surface area contributed by atoms with E-state index in [0.717, 1.165) is 6.92 Å². The normalized spacial score (nSPS) is 11.8. The van der Waals surface area contributed by atoms with Crippen LogP contribution in [0.5, 0.6) is 0 Å². The molecule has 0 radical (unpaired) electrons. The maximum atomic E-state index is 12.7. The van der Waals surface area contributed by atoms with Gasteiger partial charge in [0.2, 0.25) is 0 Å². The highest BCUT2D eigenvalue weighted by atomic mass is 35.5. The molecule has 66 valence electrons. The van der Waals surface area contributed by atoms with E-state index in [4.69, 9.17) is 23.2 Å². The molecule has 0 N–H and O–H groups in total. The minimum Gasteiger partial charge on any atom is -0.202 e. The molecule has 0 nitrogen and oxygen atoms in total. The van der Waals surface area contributed by atoms with Crippen LogP contribution in [0.1, 0.15) is 12.5 Å². The van der Waals surface area contributed by atoms with Gasteiger partial charge in [0.15, 0.2) is 0 Å². The lowest BCUT2D eigenvalue weighted by Crippen LogP contribution is -2.06. The third-order valence-electron chi connectivity index (χ3n) is 1.37. The van der Waals surface area contributed by atoms with Crippen molar-refractivity contribution in [1.82, 2.24) is 0 Å². The van der Waals surface area contributed by atoms with E-state index in [9.17, 15) is 8.78 Å². The Morgan fingerprint density at radius 3 is 1.83 bits per heavy atom. The highest BCUT2D eigenvalue weighted by Gasteiger charge is 2.24. The number of hydrogen-bond acceptors (Lipinski definition) is 0. The van der Waals surface area contributed by atoms with E-state index < -0.39 is 5.92 Å². The summed E-state index contributed by atoms with van der Waals surface area (Å²) in [7, 11) is 0. The third kappa shape index (κ3) is 2.32. The van der Waals surface area contributed by atoms with E-state index in [1.54, 1.807) is 0 Å². The van der Waals surface area contributed by atoms with Crippen molar-refractivity contribution in [2.75, 3.05) is 0 Å². The predicted octanol–water partition coefficient (Wildman–Crippen LogP) is 4.11. The highest BCUT2D eigenvalue weighted by Crippen LogP contribution is 2.31. The molecule has 4 heteroatoms. The molecule has 1 aromatic rings. The quantitative estimate of drug-likeness (QED) is 0.655. The Kier molecular flexibility index (Phi) is 2.59. The monoisotopic (exact) mass is 210 g/mol. The molecule has 0 spiro atoms. The van der Waals surface area contributed by atoms with Crippen LogP contribution in [-0.4, -0.2) is 0 Å². The van der Waals surface area contributed by atoms with E-state index in [2.05, 4.69) is 0 Å². The largest absolute Gasteiger partial charge is 0.270 e. The van der Waals surface area contributed by atoms with Gasteiger partial charge in [-0.2, -0.15) is 0 Å². The van der Waals surface area contributed by atoms with E-state index in [-0.39, 0.29) is 15.6 Å². The van der Waals surface area contributed by atoms with Gasteiger partial charge in [0.1, 0.15) is 0 Å². The topological polar surface area (TPSA) is 0 Å². The lowest BCUT2D eigenvalue weighted by Gasteiger charge is -2.10. The molecule has 0 unspecified atom stereocenters. The Morgan fingerprint density at radius 2 is 1.50 bits per heavy atom. The van der Waals surface area contributed by atoms with Gasteiger partial charge in [0.25, 0.3) is 5.92 Å². The molecule has 0 amide bonds. The van der Waals surface area contributed by atoms with Gasteiger partial charge in [-0.1, -0.05) is 23.2 Å². The first-order valence-electron chi connectivity index (χ1n) is 3.24. The second kappa shape index (κ2) is 3.19. The third-order valence-corrected chi connectivity index (χ3v) is 1.81. The fraction of sp³-hybridized carbons (Fsp3) is 0.250. The zero-order chi connectivity index (χ0) is 9.35. The Balaban J connectivity index is 3.18. The van der Waals surface area contributed by atoms with Crippen LogP contribution < -0.4 is 0 Å². The Morgan fingerprint density at radius 1 is 1.08 bits per heavy atom. The van der Waals surface area contributed by atoms with Gasteiger partial charge in [-0.05, 0) is 18.2 Å². The summed E-state index contributed by atoms with van der Waals surface area (Å²) in [5.74, 6) is -2.89. The molecular weight excluding hydrogens is 205 g/mol. The fourth-order valence-electron chi connectivity index (χ4n) is 0.807. The number of benzene rings is 1. The van der Waals surface area contributed by atoms with E-state index >= 15 is 0 Å².